The molecule has 0 amide bonds. The molecule has 2 N–H and O–H groups in total. The van der Waals surface area contributed by atoms with Gasteiger partial charge in [0, 0.05) is 16.6 Å². The summed E-state index contributed by atoms with van der Waals surface area (Å²) in [5.74, 6) is 1.73. The minimum Gasteiger partial charge on any atom is -1.00 e. The van der Waals surface area contributed by atoms with Crippen LogP contribution in [0.15, 0.2) is 45.3 Å². The maximum Gasteiger partial charge on any atom is 0.134 e. The Morgan fingerprint density at radius 1 is 1.11 bits per heavy atom. The average Bonchev–Trinajstić information content (AvgIpc) is 2.79. The van der Waals surface area contributed by atoms with Gasteiger partial charge < -0.3 is 27.2 Å². The number of hydrogen-bond acceptors (Lipinski definition) is 3. The van der Waals surface area contributed by atoms with Crippen molar-refractivity contribution in [1.82, 2.24) is 5.32 Å². The van der Waals surface area contributed by atoms with E-state index in [0.717, 1.165) is 21.6 Å². The second-order valence-corrected chi connectivity index (χ2v) is 4.59. The van der Waals surface area contributed by atoms with Gasteiger partial charge in [-0.2, -0.15) is 0 Å². The van der Waals surface area contributed by atoms with E-state index in [0.29, 0.717) is 13.1 Å². The third kappa shape index (κ3) is 4.14. The molecule has 2 rings (SSSR count). The van der Waals surface area contributed by atoms with Crippen LogP contribution in [-0.4, -0.2) is 18.3 Å². The highest BCUT2D eigenvalue weighted by molar-refractivity contribution is 9.10. The zero-order valence-corrected chi connectivity index (χ0v) is 12.0. The van der Waals surface area contributed by atoms with Crippen molar-refractivity contribution in [3.05, 3.63) is 46.6 Å². The van der Waals surface area contributed by atoms with E-state index in [1.165, 1.54) is 0 Å². The van der Waals surface area contributed by atoms with E-state index in [1.54, 1.807) is 0 Å². The Morgan fingerprint density at radius 3 is 2.50 bits per heavy atom. The van der Waals surface area contributed by atoms with Crippen molar-refractivity contribution >= 4 is 15.9 Å². The zero-order valence-electron chi connectivity index (χ0n) is 9.70. The molecule has 5 heteroatoms. The van der Waals surface area contributed by atoms with Crippen LogP contribution < -0.4 is 17.7 Å². The molecule has 1 heterocycles. The van der Waals surface area contributed by atoms with Crippen LogP contribution in [0.3, 0.4) is 0 Å². The summed E-state index contributed by atoms with van der Waals surface area (Å²) >= 11 is 3.40. The second-order valence-electron chi connectivity index (χ2n) is 3.67. The Balaban J connectivity index is 0.00000162. The fourth-order valence-corrected chi connectivity index (χ4v) is 1.80. The summed E-state index contributed by atoms with van der Waals surface area (Å²) in [6.07, 6.45) is 0. The number of aliphatic hydroxyl groups excluding tert-OH is 1. The molecule has 0 unspecified atom stereocenters. The van der Waals surface area contributed by atoms with E-state index in [2.05, 4.69) is 21.2 Å². The van der Waals surface area contributed by atoms with Gasteiger partial charge >= 0.3 is 0 Å². The van der Waals surface area contributed by atoms with Gasteiger partial charge in [-0.15, -0.1) is 0 Å². The van der Waals surface area contributed by atoms with Crippen molar-refractivity contribution < 1.29 is 21.9 Å². The number of rotatable bonds is 5. The fraction of sp³-hybridized carbons (Fsp3) is 0.231. The second kappa shape index (κ2) is 7.59. The lowest BCUT2D eigenvalue weighted by atomic mass is 10.2. The van der Waals surface area contributed by atoms with E-state index in [-0.39, 0.29) is 19.0 Å². The Morgan fingerprint density at radius 2 is 1.83 bits per heavy atom. The van der Waals surface area contributed by atoms with Gasteiger partial charge in [-0.1, -0.05) is 28.1 Å². The number of benzene rings is 1. The standard InChI is InChI=1S/C13H14BrNO2.ClH/c14-11-3-1-10(2-4-11)13-6-5-12(17-13)9-15-7-8-16;/h1-6,15-16H,7-9H2;1H/p-1. The van der Waals surface area contributed by atoms with E-state index < -0.39 is 0 Å². The van der Waals surface area contributed by atoms with Crippen LogP contribution in [0, 0.1) is 0 Å². The topological polar surface area (TPSA) is 45.4 Å². The predicted molar refractivity (Wildman–Crippen MR) is 70.6 cm³/mol. The van der Waals surface area contributed by atoms with Gasteiger partial charge in [0.05, 0.1) is 13.2 Å². The van der Waals surface area contributed by atoms with Crippen LogP contribution in [0.4, 0.5) is 0 Å². The largest absolute Gasteiger partial charge is 1.00 e. The number of hydrogen-bond donors (Lipinski definition) is 2. The van der Waals surface area contributed by atoms with Gasteiger partial charge in [-0.3, -0.25) is 0 Å². The molecule has 18 heavy (non-hydrogen) atoms. The summed E-state index contributed by atoms with van der Waals surface area (Å²) in [4.78, 5) is 0. The molecule has 0 aliphatic carbocycles. The number of furan rings is 1. The quantitative estimate of drug-likeness (QED) is 0.746. The van der Waals surface area contributed by atoms with Crippen LogP contribution in [0.25, 0.3) is 11.3 Å². The average molecular weight is 332 g/mol. The molecule has 3 nitrogen and oxygen atoms in total. The highest BCUT2D eigenvalue weighted by atomic mass is 79.9. The van der Waals surface area contributed by atoms with Crippen LogP contribution in [-0.2, 0) is 6.54 Å². The van der Waals surface area contributed by atoms with Crippen molar-refractivity contribution in [2.75, 3.05) is 13.2 Å². The molecular formula is C13H14BrClNO2-. The molecule has 0 saturated carbocycles. The normalized spacial score (nSPS) is 10.1. The maximum absolute atomic E-state index is 8.66. The first-order valence-corrected chi connectivity index (χ1v) is 6.25. The van der Waals surface area contributed by atoms with Gasteiger partial charge in [-0.25, -0.2) is 0 Å². The monoisotopic (exact) mass is 330 g/mol. The number of aliphatic hydroxyl groups is 1. The minimum absolute atomic E-state index is 0. The molecule has 1 aromatic heterocycles. The predicted octanol–water partition coefficient (Wildman–Crippen LogP) is -0.205. The van der Waals surface area contributed by atoms with Gasteiger partial charge in [0.15, 0.2) is 0 Å². The molecular weight excluding hydrogens is 318 g/mol. The zero-order chi connectivity index (χ0) is 12.1. The molecule has 0 bridgehead atoms. The van der Waals surface area contributed by atoms with Gasteiger partial charge in [-0.05, 0) is 24.3 Å². The first-order chi connectivity index (χ1) is 8.29. The van der Waals surface area contributed by atoms with Crippen molar-refractivity contribution in [3.8, 4) is 11.3 Å². The van der Waals surface area contributed by atoms with Gasteiger partial charge in [0.25, 0.3) is 0 Å². The van der Waals surface area contributed by atoms with Crippen LogP contribution in [0.5, 0.6) is 0 Å². The molecule has 98 valence electrons. The fourth-order valence-electron chi connectivity index (χ4n) is 1.53. The highest BCUT2D eigenvalue weighted by Gasteiger charge is 2.04. The van der Waals surface area contributed by atoms with E-state index in [9.17, 15) is 0 Å². The molecule has 0 aliphatic heterocycles. The third-order valence-electron chi connectivity index (χ3n) is 2.38. The van der Waals surface area contributed by atoms with Crippen molar-refractivity contribution in [2.24, 2.45) is 0 Å². The summed E-state index contributed by atoms with van der Waals surface area (Å²) in [6, 6.07) is 11.9. The summed E-state index contributed by atoms with van der Waals surface area (Å²) in [5, 5.41) is 11.7. The Hall–Kier alpha value is -0.810. The van der Waals surface area contributed by atoms with Crippen LogP contribution in [0.2, 0.25) is 0 Å². The summed E-state index contributed by atoms with van der Waals surface area (Å²) < 4.78 is 6.75. The third-order valence-corrected chi connectivity index (χ3v) is 2.91. The molecule has 0 radical (unpaired) electrons. The molecule has 2 aromatic rings. The first kappa shape index (κ1) is 15.2. The molecule has 0 aliphatic rings. The lowest BCUT2D eigenvalue weighted by Gasteiger charge is -1.99. The van der Waals surface area contributed by atoms with E-state index in [1.807, 2.05) is 36.4 Å². The van der Waals surface area contributed by atoms with Crippen LogP contribution >= 0.6 is 15.9 Å². The molecule has 0 spiro atoms. The van der Waals surface area contributed by atoms with Crippen LogP contribution in [0.1, 0.15) is 5.76 Å². The Labute approximate surface area is 121 Å². The summed E-state index contributed by atoms with van der Waals surface area (Å²) in [5.41, 5.74) is 1.06. The van der Waals surface area contributed by atoms with Gasteiger partial charge in [0.2, 0.25) is 0 Å². The lowest BCUT2D eigenvalue weighted by Crippen LogP contribution is -3.00. The van der Waals surface area contributed by atoms with E-state index in [4.69, 9.17) is 9.52 Å². The molecule has 0 atom stereocenters. The first-order valence-electron chi connectivity index (χ1n) is 5.46. The van der Waals surface area contributed by atoms with Crippen molar-refractivity contribution in [3.63, 3.8) is 0 Å². The van der Waals surface area contributed by atoms with E-state index >= 15 is 0 Å². The highest BCUT2D eigenvalue weighted by Crippen LogP contribution is 2.23. The van der Waals surface area contributed by atoms with Crippen molar-refractivity contribution in [2.45, 2.75) is 6.54 Å². The number of nitrogens with one attached hydrogen (secondary N) is 1. The smallest absolute Gasteiger partial charge is 0.134 e. The Bertz CT molecular complexity index is 470. The Kier molecular flexibility index (Phi) is 6.43. The molecule has 0 saturated heterocycles. The summed E-state index contributed by atoms with van der Waals surface area (Å²) in [6.45, 7) is 1.35. The molecule has 0 fully saturated rings. The SMILES string of the molecule is OCCNCc1ccc(-c2ccc(Br)cc2)o1.[Cl-]. The maximum atomic E-state index is 8.66. The lowest BCUT2D eigenvalue weighted by molar-refractivity contribution is -0.00000498. The molecule has 1 aromatic carbocycles. The number of halogens is 2. The minimum atomic E-state index is 0. The summed E-state index contributed by atoms with van der Waals surface area (Å²) in [7, 11) is 0. The van der Waals surface area contributed by atoms with Crippen molar-refractivity contribution in [1.29, 1.82) is 0 Å². The van der Waals surface area contributed by atoms with Gasteiger partial charge in [0.1, 0.15) is 11.5 Å².